The van der Waals surface area contributed by atoms with E-state index in [9.17, 15) is 24.4 Å². The van der Waals surface area contributed by atoms with E-state index in [-0.39, 0.29) is 16.7 Å². The van der Waals surface area contributed by atoms with Crippen LogP contribution >= 0.6 is 35.1 Å². The number of ether oxygens (including phenoxy) is 2. The van der Waals surface area contributed by atoms with Crippen molar-refractivity contribution in [3.05, 3.63) is 40.5 Å². The maximum atomic E-state index is 13.5. The Morgan fingerprint density at radius 3 is 2.73 bits per heavy atom. The number of β-lactam (4-membered cyclic amide) rings is 1. The minimum atomic E-state index is -1.02. The van der Waals surface area contributed by atoms with E-state index in [1.165, 1.54) is 16.7 Å². The van der Waals surface area contributed by atoms with Gasteiger partial charge in [-0.25, -0.2) is 4.79 Å². The Hall–Kier alpha value is -3.74. The molecular formula is C26H32N8O7S3. The molecule has 236 valence electrons. The summed E-state index contributed by atoms with van der Waals surface area (Å²) in [6.45, 7) is 4.89. The van der Waals surface area contributed by atoms with Crippen molar-refractivity contribution in [2.75, 3.05) is 24.8 Å². The molecule has 4 heterocycles. The molecule has 0 aliphatic carbocycles. The van der Waals surface area contributed by atoms with Gasteiger partial charge in [-0.2, -0.15) is 21.1 Å². The van der Waals surface area contributed by atoms with Gasteiger partial charge in [0.1, 0.15) is 11.7 Å². The second-order valence-corrected chi connectivity index (χ2v) is 13.6. The summed E-state index contributed by atoms with van der Waals surface area (Å²) in [7, 11) is 0. The van der Waals surface area contributed by atoms with Crippen LogP contribution in [0, 0.1) is 5.41 Å². The normalized spacial score (nSPS) is 18.4. The topological polar surface area (TPSA) is 225 Å². The molecule has 2 atom stereocenters. The second kappa shape index (κ2) is 14.4. The number of hydrogen-bond acceptors (Lipinski definition) is 16. The fourth-order valence-electron chi connectivity index (χ4n) is 4.29. The van der Waals surface area contributed by atoms with Gasteiger partial charge in [0.15, 0.2) is 5.13 Å². The zero-order valence-corrected chi connectivity index (χ0v) is 26.6. The smallest absolute Gasteiger partial charge is 0.358 e. The number of rotatable bonds is 12. The van der Waals surface area contributed by atoms with Gasteiger partial charge < -0.3 is 31.5 Å². The van der Waals surface area contributed by atoms with Crippen LogP contribution in [0.1, 0.15) is 45.0 Å². The molecular weight excluding hydrogens is 633 g/mol. The summed E-state index contributed by atoms with van der Waals surface area (Å²) >= 11 is 3.78. The molecule has 4 rings (SSSR count). The number of carbonyl (C=O) groups excluding carboxylic acids is 4. The molecule has 6 N–H and O–H groups in total. The van der Waals surface area contributed by atoms with Gasteiger partial charge in [-0.1, -0.05) is 16.9 Å². The van der Waals surface area contributed by atoms with E-state index in [1.807, 2.05) is 6.07 Å². The third-order valence-electron chi connectivity index (χ3n) is 6.44. The van der Waals surface area contributed by atoms with E-state index in [1.54, 1.807) is 44.9 Å². The Balaban J connectivity index is 1.57. The largest absolute Gasteiger partial charge is 0.427 e. The highest BCUT2D eigenvalue weighted by atomic mass is 32.2. The van der Waals surface area contributed by atoms with Crippen molar-refractivity contribution in [1.82, 2.24) is 24.6 Å². The number of oxime groups is 1. The number of carbonyl (C=O) groups is 4. The van der Waals surface area contributed by atoms with Gasteiger partial charge in [0.25, 0.3) is 11.8 Å². The summed E-state index contributed by atoms with van der Waals surface area (Å²) in [4.78, 5) is 62.8. The van der Waals surface area contributed by atoms with Crippen molar-refractivity contribution in [3.8, 4) is 0 Å². The maximum absolute atomic E-state index is 13.5. The van der Waals surface area contributed by atoms with Crippen LogP contribution in [0.2, 0.25) is 0 Å². The number of pyridine rings is 1. The summed E-state index contributed by atoms with van der Waals surface area (Å²) in [5.74, 6) is -1.66. The predicted molar refractivity (Wildman–Crippen MR) is 163 cm³/mol. The molecule has 15 nitrogen and oxygen atoms in total. The lowest BCUT2D eigenvalue weighted by molar-refractivity contribution is -0.174. The summed E-state index contributed by atoms with van der Waals surface area (Å²) in [6.07, 6.45) is 4.17. The van der Waals surface area contributed by atoms with Gasteiger partial charge in [0, 0.05) is 51.8 Å². The van der Waals surface area contributed by atoms with Crippen molar-refractivity contribution in [1.29, 1.82) is 0 Å². The minimum Gasteiger partial charge on any atom is -0.427 e. The minimum absolute atomic E-state index is 0.00378. The van der Waals surface area contributed by atoms with E-state index in [0.717, 1.165) is 27.7 Å². The van der Waals surface area contributed by atoms with Gasteiger partial charge in [-0.3, -0.25) is 24.3 Å². The molecule has 44 heavy (non-hydrogen) atoms. The van der Waals surface area contributed by atoms with Crippen molar-refractivity contribution in [2.45, 2.75) is 56.3 Å². The molecule has 2 amide bonds. The lowest BCUT2D eigenvalue weighted by atomic mass is 9.86. The Morgan fingerprint density at radius 2 is 2.07 bits per heavy atom. The number of nitrogen functional groups attached to an aromatic ring is 1. The molecule has 1 fully saturated rings. The number of thioether (sulfide) groups is 2. The van der Waals surface area contributed by atoms with Crippen LogP contribution in [0.4, 0.5) is 5.13 Å². The first-order chi connectivity index (χ1) is 21.0. The van der Waals surface area contributed by atoms with Crippen LogP contribution < -0.4 is 16.8 Å². The first-order valence-corrected chi connectivity index (χ1v) is 16.1. The molecule has 0 radical (unpaired) electrons. The molecule has 0 saturated carbocycles. The number of nitrogens with zero attached hydrogens (tertiary/aromatic N) is 5. The molecule has 18 heteroatoms. The van der Waals surface area contributed by atoms with Crippen LogP contribution in [0.15, 0.2) is 39.1 Å². The third kappa shape index (κ3) is 7.48. The van der Waals surface area contributed by atoms with Gasteiger partial charge in [0.05, 0.1) is 11.5 Å². The lowest BCUT2D eigenvalue weighted by Gasteiger charge is -2.50. The fraction of sp³-hybridized carbons (Fsp3) is 0.462. The zero-order valence-electron chi connectivity index (χ0n) is 24.1. The summed E-state index contributed by atoms with van der Waals surface area (Å²) in [5, 5.41) is 15.0. The molecule has 1 saturated heterocycles. The van der Waals surface area contributed by atoms with E-state index in [0.29, 0.717) is 30.0 Å². The Kier molecular flexibility index (Phi) is 10.8. The molecule has 0 bridgehead atoms. The Morgan fingerprint density at radius 1 is 1.30 bits per heavy atom. The van der Waals surface area contributed by atoms with Gasteiger partial charge in [-0.15, -0.1) is 0 Å². The van der Waals surface area contributed by atoms with Crippen molar-refractivity contribution >= 4 is 69.7 Å². The molecule has 0 aromatic carbocycles. The van der Waals surface area contributed by atoms with E-state index < -0.39 is 53.8 Å². The Labute approximate surface area is 265 Å². The molecule has 2 aliphatic heterocycles. The second-order valence-electron chi connectivity index (χ2n) is 10.6. The maximum Gasteiger partial charge on any atom is 0.358 e. The van der Waals surface area contributed by atoms with Crippen LogP contribution in [0.25, 0.3) is 0 Å². The van der Waals surface area contributed by atoms with Crippen molar-refractivity contribution < 1.29 is 33.9 Å². The highest BCUT2D eigenvalue weighted by Gasteiger charge is 2.54. The number of nitrogens with one attached hydrogen (secondary N) is 1. The summed E-state index contributed by atoms with van der Waals surface area (Å²) in [5.41, 5.74) is 10.8. The summed E-state index contributed by atoms with van der Waals surface area (Å²) in [6, 6.07) is 0.208. The number of fused-ring (bicyclic) bond motifs is 1. The first kappa shape index (κ1) is 33.2. The van der Waals surface area contributed by atoms with Crippen LogP contribution in [-0.4, -0.2) is 85.1 Å². The number of nitrogens with two attached hydrogens (primary N) is 2. The number of hydrogen-bond donors (Lipinski definition) is 4. The number of esters is 2. The SMILES string of the molecule is CC(C)(C)C(=O)OCOC(=O)C1=C(Sc2ccncc2CSCCN)CCC2C(NC(=O)C(=NO)c3nsc(N)n3)C(=O)N12. The molecule has 2 aromatic heterocycles. The number of amides is 2. The molecule has 0 spiro atoms. The van der Waals surface area contributed by atoms with Crippen LogP contribution in [-0.2, 0) is 34.4 Å². The fourth-order valence-corrected chi connectivity index (χ4v) is 6.73. The van der Waals surface area contributed by atoms with Crippen molar-refractivity contribution in [3.63, 3.8) is 0 Å². The third-order valence-corrected chi connectivity index (χ3v) is 9.29. The zero-order chi connectivity index (χ0) is 32.0. The van der Waals surface area contributed by atoms with E-state index in [4.69, 9.17) is 20.9 Å². The van der Waals surface area contributed by atoms with Gasteiger partial charge >= 0.3 is 11.9 Å². The van der Waals surface area contributed by atoms with Gasteiger partial charge in [-0.05, 0) is 45.2 Å². The average Bonchev–Trinajstić information content (AvgIpc) is 3.41. The molecule has 2 unspecified atom stereocenters. The first-order valence-electron chi connectivity index (χ1n) is 13.4. The van der Waals surface area contributed by atoms with E-state index >= 15 is 0 Å². The van der Waals surface area contributed by atoms with E-state index in [2.05, 4.69) is 24.8 Å². The number of aromatic nitrogens is 3. The highest BCUT2D eigenvalue weighted by molar-refractivity contribution is 8.03. The van der Waals surface area contributed by atoms with Crippen LogP contribution in [0.3, 0.4) is 0 Å². The van der Waals surface area contributed by atoms with Crippen molar-refractivity contribution in [2.24, 2.45) is 16.3 Å². The summed E-state index contributed by atoms with van der Waals surface area (Å²) < 4.78 is 14.3. The number of allylic oxidation sites excluding steroid dienone is 1. The lowest BCUT2D eigenvalue weighted by Crippen LogP contribution is -2.72. The molecule has 2 aromatic rings. The highest BCUT2D eigenvalue weighted by Crippen LogP contribution is 2.44. The quantitative estimate of drug-likeness (QED) is 0.0480. The van der Waals surface area contributed by atoms with Crippen LogP contribution in [0.5, 0.6) is 0 Å². The van der Waals surface area contributed by atoms with Gasteiger partial charge in [0.2, 0.25) is 18.3 Å². The monoisotopic (exact) mass is 664 g/mol. The Bertz CT molecular complexity index is 1490. The average molecular weight is 665 g/mol. The number of anilines is 1. The molecule has 2 aliphatic rings. The predicted octanol–water partition coefficient (Wildman–Crippen LogP) is 1.47. The standard InChI is InChI=1S/C26H32N8O7S3/c1-26(2,3)24(38)41-12-40-23(37)19-16(43-15-6-8-29-10-13(15)11-42-9-7-27)5-4-14-17(22(36)34(14)19)30-21(35)18(32-39)20-31-25(28)44-33-20/h6,8,10,14,17,39H,4-5,7,9,11-12,27H2,1-3H3,(H,30,35)(H2,28,31,33).